The summed E-state index contributed by atoms with van der Waals surface area (Å²) >= 11 is 4.76. The highest BCUT2D eigenvalue weighted by atomic mass is 32.1. The Morgan fingerprint density at radius 2 is 2.00 bits per heavy atom. The minimum Gasteiger partial charge on any atom is -0.393 e. The summed E-state index contributed by atoms with van der Waals surface area (Å²) < 4.78 is 5.41. The molecular formula is C10H22N2OS. The summed E-state index contributed by atoms with van der Waals surface area (Å²) in [4.78, 5) is 0.580. The van der Waals surface area contributed by atoms with E-state index >= 15 is 0 Å². The van der Waals surface area contributed by atoms with Crippen molar-refractivity contribution in [3.05, 3.63) is 0 Å². The molecule has 0 bridgehead atoms. The molecule has 0 aromatic rings. The van der Waals surface area contributed by atoms with E-state index in [9.17, 15) is 0 Å². The van der Waals surface area contributed by atoms with Crippen molar-refractivity contribution in [3.63, 3.8) is 0 Å². The van der Waals surface area contributed by atoms with Gasteiger partial charge >= 0.3 is 0 Å². The fraction of sp³-hybridized carbons (Fsp3) is 0.900. The first-order valence-electron chi connectivity index (χ1n) is 5.34. The summed E-state index contributed by atoms with van der Waals surface area (Å²) in [6.45, 7) is 5.77. The van der Waals surface area contributed by atoms with Crippen LogP contribution in [0.15, 0.2) is 0 Å². The van der Waals surface area contributed by atoms with E-state index in [0.29, 0.717) is 4.99 Å². The molecule has 0 atom stereocenters. The van der Waals surface area contributed by atoms with Gasteiger partial charge in [-0.3, -0.25) is 0 Å². The lowest BCUT2D eigenvalue weighted by atomic mass is 10.3. The Kier molecular flexibility index (Phi) is 10.7. The third-order valence-corrected chi connectivity index (χ3v) is 2.04. The normalized spacial score (nSPS) is 10.4. The maximum atomic E-state index is 5.41. The molecule has 0 aromatic carbocycles. The molecule has 0 aliphatic heterocycles. The van der Waals surface area contributed by atoms with E-state index in [2.05, 4.69) is 12.2 Å². The van der Waals surface area contributed by atoms with Crippen LogP contribution < -0.4 is 11.1 Å². The maximum absolute atomic E-state index is 5.41. The molecule has 0 spiro atoms. The van der Waals surface area contributed by atoms with Crippen LogP contribution in [-0.2, 0) is 4.74 Å². The Hall–Kier alpha value is -0.190. The highest BCUT2D eigenvalue weighted by molar-refractivity contribution is 7.80. The number of thiocarbonyl (C=S) groups is 1. The number of nitrogens with two attached hydrogens (primary N) is 1. The third kappa shape index (κ3) is 11.8. The van der Waals surface area contributed by atoms with E-state index in [4.69, 9.17) is 22.7 Å². The van der Waals surface area contributed by atoms with E-state index in [1.807, 2.05) is 0 Å². The second kappa shape index (κ2) is 10.9. The lowest BCUT2D eigenvalue weighted by molar-refractivity contribution is 0.129. The zero-order valence-corrected chi connectivity index (χ0v) is 9.87. The van der Waals surface area contributed by atoms with Crippen molar-refractivity contribution in [2.24, 2.45) is 5.73 Å². The Morgan fingerprint density at radius 1 is 1.29 bits per heavy atom. The quantitative estimate of drug-likeness (QED) is 0.430. The molecule has 3 N–H and O–H groups in total. The maximum Gasteiger partial charge on any atom is 0.0740 e. The summed E-state index contributed by atoms with van der Waals surface area (Å²) in [5, 5.41) is 3.26. The van der Waals surface area contributed by atoms with E-state index in [0.717, 1.165) is 45.6 Å². The first-order chi connectivity index (χ1) is 6.77. The number of unbranched alkanes of at least 4 members (excludes halogenated alkanes) is 1. The first kappa shape index (κ1) is 13.8. The van der Waals surface area contributed by atoms with Crippen LogP contribution in [0.25, 0.3) is 0 Å². The molecule has 0 saturated carbocycles. The SMILES string of the molecule is CCCCOCCCNCCC(N)=S. The highest BCUT2D eigenvalue weighted by Gasteiger charge is 1.91. The molecule has 0 amide bonds. The summed E-state index contributed by atoms with van der Waals surface area (Å²) in [5.41, 5.74) is 5.35. The molecule has 4 heteroatoms. The van der Waals surface area contributed by atoms with Gasteiger partial charge in [-0.1, -0.05) is 25.6 Å². The molecule has 0 rings (SSSR count). The average molecular weight is 218 g/mol. The zero-order chi connectivity index (χ0) is 10.6. The van der Waals surface area contributed by atoms with Crippen molar-refractivity contribution in [2.75, 3.05) is 26.3 Å². The molecular weight excluding hydrogens is 196 g/mol. The van der Waals surface area contributed by atoms with E-state index in [1.54, 1.807) is 0 Å². The van der Waals surface area contributed by atoms with Crippen molar-refractivity contribution >= 4 is 17.2 Å². The predicted octanol–water partition coefficient (Wildman–Crippen LogP) is 1.46. The van der Waals surface area contributed by atoms with Gasteiger partial charge in [0.05, 0.1) is 4.99 Å². The zero-order valence-electron chi connectivity index (χ0n) is 9.05. The van der Waals surface area contributed by atoms with Gasteiger partial charge in [-0.25, -0.2) is 0 Å². The second-order valence-electron chi connectivity index (χ2n) is 3.29. The summed E-state index contributed by atoms with van der Waals surface area (Å²) in [6.07, 6.45) is 4.20. The minimum absolute atomic E-state index is 0.580. The summed E-state index contributed by atoms with van der Waals surface area (Å²) in [5.74, 6) is 0. The van der Waals surface area contributed by atoms with Crippen LogP contribution in [0.5, 0.6) is 0 Å². The fourth-order valence-electron chi connectivity index (χ4n) is 0.984. The number of nitrogens with one attached hydrogen (secondary N) is 1. The second-order valence-corrected chi connectivity index (χ2v) is 3.81. The van der Waals surface area contributed by atoms with Gasteiger partial charge in [-0.2, -0.15) is 0 Å². The van der Waals surface area contributed by atoms with Crippen molar-refractivity contribution in [3.8, 4) is 0 Å². The average Bonchev–Trinajstić information content (AvgIpc) is 2.15. The van der Waals surface area contributed by atoms with Crippen molar-refractivity contribution < 1.29 is 4.74 Å². The summed E-state index contributed by atoms with van der Waals surface area (Å²) in [6, 6.07) is 0. The Labute approximate surface area is 92.4 Å². The highest BCUT2D eigenvalue weighted by Crippen LogP contribution is 1.89. The van der Waals surface area contributed by atoms with Gasteiger partial charge in [-0.15, -0.1) is 0 Å². The standard InChI is InChI=1S/C10H22N2OS/c1-2-3-8-13-9-4-6-12-7-5-10(11)14/h12H,2-9H2,1H3,(H2,11,14). The smallest absolute Gasteiger partial charge is 0.0740 e. The van der Waals surface area contributed by atoms with Gasteiger partial charge in [0.25, 0.3) is 0 Å². The Morgan fingerprint density at radius 3 is 2.64 bits per heavy atom. The number of ether oxygens (including phenoxy) is 1. The van der Waals surface area contributed by atoms with E-state index < -0.39 is 0 Å². The predicted molar refractivity (Wildman–Crippen MR) is 64.6 cm³/mol. The molecule has 0 unspecified atom stereocenters. The largest absolute Gasteiger partial charge is 0.393 e. The van der Waals surface area contributed by atoms with Crippen molar-refractivity contribution in [1.29, 1.82) is 0 Å². The Bertz CT molecular complexity index is 142. The topological polar surface area (TPSA) is 47.3 Å². The molecule has 84 valence electrons. The Balaban J connectivity index is 2.88. The van der Waals surface area contributed by atoms with Gasteiger partial charge in [0.15, 0.2) is 0 Å². The van der Waals surface area contributed by atoms with Crippen LogP contribution >= 0.6 is 12.2 Å². The molecule has 0 heterocycles. The lowest BCUT2D eigenvalue weighted by Crippen LogP contribution is -2.22. The molecule has 0 aromatic heterocycles. The van der Waals surface area contributed by atoms with Gasteiger partial charge in [0, 0.05) is 26.2 Å². The van der Waals surface area contributed by atoms with Crippen LogP contribution in [0.1, 0.15) is 32.6 Å². The van der Waals surface area contributed by atoms with Crippen molar-refractivity contribution in [2.45, 2.75) is 32.6 Å². The molecule has 0 radical (unpaired) electrons. The summed E-state index contributed by atoms with van der Waals surface area (Å²) in [7, 11) is 0. The number of hydrogen-bond acceptors (Lipinski definition) is 3. The lowest BCUT2D eigenvalue weighted by Gasteiger charge is -2.04. The minimum atomic E-state index is 0.580. The van der Waals surface area contributed by atoms with Crippen LogP contribution in [0.3, 0.4) is 0 Å². The molecule has 0 saturated heterocycles. The molecule has 3 nitrogen and oxygen atoms in total. The van der Waals surface area contributed by atoms with Gasteiger partial charge in [0.2, 0.25) is 0 Å². The molecule has 0 fully saturated rings. The monoisotopic (exact) mass is 218 g/mol. The van der Waals surface area contributed by atoms with E-state index in [-0.39, 0.29) is 0 Å². The van der Waals surface area contributed by atoms with Crippen LogP contribution in [0.2, 0.25) is 0 Å². The van der Waals surface area contributed by atoms with Gasteiger partial charge in [0.1, 0.15) is 0 Å². The van der Waals surface area contributed by atoms with Crippen LogP contribution in [0, 0.1) is 0 Å². The number of rotatable bonds is 10. The van der Waals surface area contributed by atoms with E-state index in [1.165, 1.54) is 6.42 Å². The molecule has 14 heavy (non-hydrogen) atoms. The number of hydrogen-bond donors (Lipinski definition) is 2. The first-order valence-corrected chi connectivity index (χ1v) is 5.75. The van der Waals surface area contributed by atoms with Gasteiger partial charge in [-0.05, 0) is 19.4 Å². The van der Waals surface area contributed by atoms with Gasteiger partial charge < -0.3 is 15.8 Å². The van der Waals surface area contributed by atoms with Crippen molar-refractivity contribution in [1.82, 2.24) is 5.32 Å². The fourth-order valence-corrected chi connectivity index (χ4v) is 1.09. The van der Waals surface area contributed by atoms with Crippen LogP contribution in [-0.4, -0.2) is 31.3 Å². The van der Waals surface area contributed by atoms with Crippen LogP contribution in [0.4, 0.5) is 0 Å². The molecule has 0 aliphatic carbocycles. The molecule has 0 aliphatic rings. The third-order valence-electron chi connectivity index (χ3n) is 1.83.